The van der Waals surface area contributed by atoms with Crippen LogP contribution in [-0.4, -0.2) is 12.0 Å². The molecule has 1 rings (SSSR count). The highest BCUT2D eigenvalue weighted by molar-refractivity contribution is 9.10. The van der Waals surface area contributed by atoms with E-state index in [9.17, 15) is 4.79 Å². The van der Waals surface area contributed by atoms with E-state index >= 15 is 0 Å². The summed E-state index contributed by atoms with van der Waals surface area (Å²) in [5.74, 6) is 0.127. The average Bonchev–Trinajstić information content (AvgIpc) is 2.16. The molecule has 0 aliphatic rings. The largest absolute Gasteiger partial charge is 0.298 e. The maximum atomic E-state index is 11.2. The van der Waals surface area contributed by atoms with Crippen LogP contribution < -0.4 is 0 Å². The molecular formula is C10H10Br2OS. The second kappa shape index (κ2) is 5.33. The molecule has 0 fully saturated rings. The molecule has 0 heterocycles. The van der Waals surface area contributed by atoms with Crippen molar-refractivity contribution in [1.29, 1.82) is 0 Å². The molecule has 1 aromatic rings. The monoisotopic (exact) mass is 336 g/mol. The maximum absolute atomic E-state index is 11.2. The number of benzene rings is 1. The van der Waals surface area contributed by atoms with Crippen molar-refractivity contribution >= 4 is 49.4 Å². The number of hydrogen-bond acceptors (Lipinski definition) is 2. The van der Waals surface area contributed by atoms with Crippen molar-refractivity contribution in [1.82, 2.24) is 0 Å². The van der Waals surface area contributed by atoms with Gasteiger partial charge < -0.3 is 0 Å². The Hall–Kier alpha value is 0.200. The molecule has 0 saturated heterocycles. The Morgan fingerprint density at radius 3 is 2.64 bits per heavy atom. The van der Waals surface area contributed by atoms with E-state index in [1.165, 1.54) is 0 Å². The summed E-state index contributed by atoms with van der Waals surface area (Å²) >= 11 is 8.44. The molecule has 0 saturated carbocycles. The van der Waals surface area contributed by atoms with Gasteiger partial charge in [0.25, 0.3) is 0 Å². The van der Waals surface area contributed by atoms with Gasteiger partial charge in [0.1, 0.15) is 5.78 Å². The smallest absolute Gasteiger partial charge is 0.147 e. The molecule has 0 aromatic heterocycles. The van der Waals surface area contributed by atoms with Gasteiger partial charge in [-0.15, -0.1) is 11.8 Å². The van der Waals surface area contributed by atoms with Crippen LogP contribution in [0.2, 0.25) is 0 Å². The first-order valence-electron chi connectivity index (χ1n) is 4.04. The summed E-state index contributed by atoms with van der Waals surface area (Å²) in [4.78, 5) is 12.2. The predicted octanol–water partition coefficient (Wildman–Crippen LogP) is 4.20. The van der Waals surface area contributed by atoms with Gasteiger partial charge in [-0.1, -0.05) is 37.9 Å². The average molecular weight is 338 g/mol. The van der Waals surface area contributed by atoms with Gasteiger partial charge in [0.15, 0.2) is 0 Å². The SMILES string of the molecule is CSc1cc(Br)ccc1C(Br)C(C)=O. The first kappa shape index (κ1) is 12.3. The highest BCUT2D eigenvalue weighted by Crippen LogP contribution is 2.33. The van der Waals surface area contributed by atoms with Crippen LogP contribution in [0, 0.1) is 0 Å². The second-order valence-electron chi connectivity index (χ2n) is 2.86. The molecule has 0 aliphatic carbocycles. The quantitative estimate of drug-likeness (QED) is 0.607. The van der Waals surface area contributed by atoms with Crippen molar-refractivity contribution in [2.75, 3.05) is 6.26 Å². The third-order valence-electron chi connectivity index (χ3n) is 1.83. The number of carbonyl (C=O) groups excluding carboxylic acids is 1. The van der Waals surface area contributed by atoms with Crippen molar-refractivity contribution in [3.8, 4) is 0 Å². The first-order valence-corrected chi connectivity index (χ1v) is 6.97. The molecule has 0 spiro atoms. The molecule has 1 nitrogen and oxygen atoms in total. The minimum absolute atomic E-state index is 0.127. The van der Waals surface area contributed by atoms with Crippen LogP contribution in [0.4, 0.5) is 0 Å². The molecule has 76 valence electrons. The lowest BCUT2D eigenvalue weighted by Gasteiger charge is -2.11. The summed E-state index contributed by atoms with van der Waals surface area (Å²) < 4.78 is 1.04. The Labute approximate surface area is 105 Å². The van der Waals surface area contributed by atoms with Crippen LogP contribution in [0.15, 0.2) is 27.6 Å². The Balaban J connectivity index is 3.13. The second-order valence-corrected chi connectivity index (χ2v) is 5.54. The van der Waals surface area contributed by atoms with Gasteiger partial charge >= 0.3 is 0 Å². The minimum Gasteiger partial charge on any atom is -0.298 e. The number of alkyl halides is 1. The Morgan fingerprint density at radius 2 is 2.14 bits per heavy atom. The highest BCUT2D eigenvalue weighted by Gasteiger charge is 2.16. The molecule has 0 radical (unpaired) electrons. The van der Waals surface area contributed by atoms with E-state index in [4.69, 9.17) is 0 Å². The third kappa shape index (κ3) is 2.84. The van der Waals surface area contributed by atoms with Crippen molar-refractivity contribution in [2.45, 2.75) is 16.6 Å². The summed E-state index contributed by atoms with van der Waals surface area (Å²) in [5, 5.41) is 0. The predicted molar refractivity (Wildman–Crippen MR) is 68.3 cm³/mol. The summed E-state index contributed by atoms with van der Waals surface area (Å²) in [6.07, 6.45) is 2.01. The van der Waals surface area contributed by atoms with Crippen LogP contribution in [-0.2, 0) is 4.79 Å². The highest BCUT2D eigenvalue weighted by atomic mass is 79.9. The Kier molecular flexibility index (Phi) is 4.67. The van der Waals surface area contributed by atoms with Gasteiger partial charge in [-0.2, -0.15) is 0 Å². The minimum atomic E-state index is -0.196. The van der Waals surface area contributed by atoms with Crippen LogP contribution >= 0.6 is 43.6 Å². The number of Topliss-reactive ketones (excluding diaryl/α,β-unsaturated/α-hetero) is 1. The fourth-order valence-electron chi connectivity index (χ4n) is 1.11. The molecule has 1 aromatic carbocycles. The zero-order valence-corrected chi connectivity index (χ0v) is 11.9. The number of halogens is 2. The molecule has 0 aliphatic heterocycles. The molecule has 0 amide bonds. The summed E-state index contributed by atoms with van der Waals surface area (Å²) in [7, 11) is 0. The van der Waals surface area contributed by atoms with Crippen LogP contribution in [0.5, 0.6) is 0 Å². The summed E-state index contributed by atoms with van der Waals surface area (Å²) in [6.45, 7) is 1.59. The lowest BCUT2D eigenvalue weighted by molar-refractivity contribution is -0.116. The van der Waals surface area contributed by atoms with E-state index in [1.807, 2.05) is 24.5 Å². The van der Waals surface area contributed by atoms with Crippen LogP contribution in [0.3, 0.4) is 0 Å². The number of thioether (sulfide) groups is 1. The van der Waals surface area contributed by atoms with Crippen LogP contribution in [0.25, 0.3) is 0 Å². The Bertz CT molecular complexity index is 352. The lowest BCUT2D eigenvalue weighted by Crippen LogP contribution is -2.02. The molecule has 1 unspecified atom stereocenters. The van der Waals surface area contributed by atoms with E-state index in [2.05, 4.69) is 31.9 Å². The zero-order valence-electron chi connectivity index (χ0n) is 7.88. The van der Waals surface area contributed by atoms with E-state index in [0.29, 0.717) is 0 Å². The van der Waals surface area contributed by atoms with Gasteiger partial charge in [-0.05, 0) is 30.9 Å². The van der Waals surface area contributed by atoms with Crippen molar-refractivity contribution in [3.05, 3.63) is 28.2 Å². The number of rotatable bonds is 3. The maximum Gasteiger partial charge on any atom is 0.147 e. The van der Waals surface area contributed by atoms with Crippen LogP contribution in [0.1, 0.15) is 17.3 Å². The topological polar surface area (TPSA) is 17.1 Å². The number of carbonyl (C=O) groups is 1. The lowest BCUT2D eigenvalue weighted by atomic mass is 10.1. The van der Waals surface area contributed by atoms with Crippen molar-refractivity contribution in [2.24, 2.45) is 0 Å². The number of ketones is 1. The standard InChI is InChI=1S/C10H10Br2OS/c1-6(13)10(12)8-4-3-7(11)5-9(8)14-2/h3-5,10H,1-2H3. The summed E-state index contributed by atoms with van der Waals surface area (Å²) in [5.41, 5.74) is 1.04. The molecular weight excluding hydrogens is 328 g/mol. The van der Waals surface area contributed by atoms with E-state index in [1.54, 1.807) is 18.7 Å². The van der Waals surface area contributed by atoms with E-state index < -0.39 is 0 Å². The van der Waals surface area contributed by atoms with Gasteiger partial charge in [0, 0.05) is 9.37 Å². The first-order chi connectivity index (χ1) is 6.56. The summed E-state index contributed by atoms with van der Waals surface area (Å²) in [6, 6.07) is 5.94. The molecule has 14 heavy (non-hydrogen) atoms. The molecule has 0 bridgehead atoms. The van der Waals surface area contributed by atoms with Gasteiger partial charge in [-0.3, -0.25) is 4.79 Å². The normalized spacial score (nSPS) is 12.6. The fourth-order valence-corrected chi connectivity index (χ4v) is 2.84. The van der Waals surface area contributed by atoms with Gasteiger partial charge in [0.2, 0.25) is 0 Å². The Morgan fingerprint density at radius 1 is 1.50 bits per heavy atom. The number of hydrogen-bond donors (Lipinski definition) is 0. The zero-order chi connectivity index (χ0) is 10.7. The molecule has 4 heteroatoms. The van der Waals surface area contributed by atoms with Gasteiger partial charge in [-0.25, -0.2) is 0 Å². The van der Waals surface area contributed by atoms with E-state index in [0.717, 1.165) is 14.9 Å². The third-order valence-corrected chi connectivity index (χ3v) is 4.25. The van der Waals surface area contributed by atoms with Crippen molar-refractivity contribution < 1.29 is 4.79 Å². The van der Waals surface area contributed by atoms with Gasteiger partial charge in [0.05, 0.1) is 4.83 Å². The van der Waals surface area contributed by atoms with E-state index in [-0.39, 0.29) is 10.6 Å². The molecule has 0 N–H and O–H groups in total. The van der Waals surface area contributed by atoms with Crippen molar-refractivity contribution in [3.63, 3.8) is 0 Å². The fraction of sp³-hybridized carbons (Fsp3) is 0.300. The molecule has 1 atom stereocenters.